The van der Waals surface area contributed by atoms with Crippen molar-refractivity contribution in [3.05, 3.63) is 0 Å². The molecule has 0 aromatic rings. The Balaban J connectivity index is 2.32. The van der Waals surface area contributed by atoms with Gasteiger partial charge in [-0.2, -0.15) is 0 Å². The third-order valence-electron chi connectivity index (χ3n) is 1.88. The second-order valence-electron chi connectivity index (χ2n) is 2.49. The lowest BCUT2D eigenvalue weighted by Gasteiger charge is -2.08. The molecule has 54 valence electrons. The predicted octanol–water partition coefficient (Wildman–Crippen LogP) is 0.761. The van der Waals surface area contributed by atoms with Crippen molar-refractivity contribution >= 4 is 0 Å². The first-order chi connectivity index (χ1) is 4.38. The van der Waals surface area contributed by atoms with Crippen molar-refractivity contribution in [1.82, 2.24) is 5.32 Å². The molecule has 0 aliphatic carbocycles. The lowest BCUT2D eigenvalue weighted by molar-refractivity contribution is 0.265. The first-order valence-electron chi connectivity index (χ1n) is 3.21. The highest BCUT2D eigenvalue weighted by molar-refractivity contribution is 4.79. The fourth-order valence-electron chi connectivity index (χ4n) is 1.15. The Morgan fingerprint density at radius 2 is 1.56 bits per heavy atom. The maximum Gasteiger partial charge on any atom is 0.0938 e. The first kappa shape index (κ1) is 6.93. The molecule has 9 heavy (non-hydrogen) atoms. The van der Waals surface area contributed by atoms with Crippen molar-refractivity contribution in [2.45, 2.75) is 0 Å². The maximum absolute atomic E-state index is 11.9. The Morgan fingerprint density at radius 3 is 1.89 bits per heavy atom. The van der Waals surface area contributed by atoms with Crippen LogP contribution in [0.15, 0.2) is 0 Å². The molecule has 1 saturated heterocycles. The number of halogens is 2. The Bertz CT molecular complexity index is 77.1. The fraction of sp³-hybridized carbons (Fsp3) is 1.00. The number of hydrogen-bond acceptors (Lipinski definition) is 1. The summed E-state index contributed by atoms with van der Waals surface area (Å²) < 4.78 is 23.9. The van der Waals surface area contributed by atoms with Gasteiger partial charge in [-0.1, -0.05) is 0 Å². The molecule has 1 rings (SSSR count). The van der Waals surface area contributed by atoms with Crippen LogP contribution in [0.2, 0.25) is 0 Å². The molecule has 1 aliphatic heterocycles. The molecule has 0 bridgehead atoms. The summed E-state index contributed by atoms with van der Waals surface area (Å²) in [7, 11) is 0. The van der Waals surface area contributed by atoms with E-state index in [0.717, 1.165) is 0 Å². The van der Waals surface area contributed by atoms with E-state index in [1.54, 1.807) is 0 Å². The lowest BCUT2D eigenvalue weighted by Crippen LogP contribution is -2.15. The molecule has 1 nitrogen and oxygen atoms in total. The molecule has 1 N–H and O–H groups in total. The van der Waals surface area contributed by atoms with Crippen LogP contribution in [0, 0.1) is 11.8 Å². The summed E-state index contributed by atoms with van der Waals surface area (Å²) in [5.74, 6) is -0.148. The Labute approximate surface area is 53.4 Å². The van der Waals surface area contributed by atoms with E-state index in [-0.39, 0.29) is 25.2 Å². The minimum atomic E-state index is -0.387. The van der Waals surface area contributed by atoms with Gasteiger partial charge in [-0.25, -0.2) is 0 Å². The number of hydrogen-bond donors (Lipinski definition) is 1. The maximum atomic E-state index is 11.9. The van der Waals surface area contributed by atoms with Gasteiger partial charge < -0.3 is 5.32 Å². The molecule has 0 radical (unpaired) electrons. The van der Waals surface area contributed by atoms with Crippen LogP contribution in [0.3, 0.4) is 0 Å². The number of nitrogens with one attached hydrogen (secondary N) is 1. The topological polar surface area (TPSA) is 12.0 Å². The molecule has 0 spiro atoms. The van der Waals surface area contributed by atoms with E-state index in [2.05, 4.69) is 5.32 Å². The van der Waals surface area contributed by atoms with Gasteiger partial charge in [0.25, 0.3) is 0 Å². The normalized spacial score (nSPS) is 35.3. The quantitative estimate of drug-likeness (QED) is 0.589. The molecule has 0 saturated carbocycles. The van der Waals surface area contributed by atoms with Gasteiger partial charge in [-0.3, -0.25) is 8.78 Å². The van der Waals surface area contributed by atoms with Gasteiger partial charge in [0.1, 0.15) is 0 Å². The molecule has 1 heterocycles. The van der Waals surface area contributed by atoms with Crippen LogP contribution in [0.25, 0.3) is 0 Å². The van der Waals surface area contributed by atoms with Crippen LogP contribution >= 0.6 is 0 Å². The summed E-state index contributed by atoms with van der Waals surface area (Å²) in [6.45, 7) is 0.513. The summed E-state index contributed by atoms with van der Waals surface area (Å²) in [5.41, 5.74) is 0. The van der Waals surface area contributed by atoms with Crippen molar-refractivity contribution in [3.63, 3.8) is 0 Å². The van der Waals surface area contributed by atoms with Gasteiger partial charge in [-0.15, -0.1) is 0 Å². The van der Waals surface area contributed by atoms with Gasteiger partial charge in [0.05, 0.1) is 13.3 Å². The van der Waals surface area contributed by atoms with E-state index >= 15 is 0 Å². The standard InChI is InChI=1S/C6H11F2N/c7-1-5-3-9-4-6(5)2-8/h5-6,9H,1-4H2. The van der Waals surface area contributed by atoms with Crippen LogP contribution in [0.5, 0.6) is 0 Å². The van der Waals surface area contributed by atoms with Crippen LogP contribution in [0.4, 0.5) is 8.78 Å². The minimum absolute atomic E-state index is 0.0741. The highest BCUT2D eigenvalue weighted by Crippen LogP contribution is 2.16. The third kappa shape index (κ3) is 1.39. The predicted molar refractivity (Wildman–Crippen MR) is 31.8 cm³/mol. The Kier molecular flexibility index (Phi) is 2.39. The highest BCUT2D eigenvalue weighted by atomic mass is 19.1. The molecule has 1 aliphatic rings. The van der Waals surface area contributed by atoms with Gasteiger partial charge >= 0.3 is 0 Å². The summed E-state index contributed by atoms with van der Waals surface area (Å²) >= 11 is 0. The van der Waals surface area contributed by atoms with Crippen molar-refractivity contribution in [3.8, 4) is 0 Å². The van der Waals surface area contributed by atoms with Gasteiger partial charge in [0.2, 0.25) is 0 Å². The molecule has 2 unspecified atom stereocenters. The SMILES string of the molecule is FCC1CNCC1CF. The largest absolute Gasteiger partial charge is 0.316 e. The van der Waals surface area contributed by atoms with Crippen molar-refractivity contribution in [2.75, 3.05) is 26.4 Å². The van der Waals surface area contributed by atoms with Gasteiger partial charge in [0.15, 0.2) is 0 Å². The molecular formula is C6H11F2N. The van der Waals surface area contributed by atoms with Crippen LogP contribution in [-0.4, -0.2) is 26.4 Å². The van der Waals surface area contributed by atoms with E-state index in [4.69, 9.17) is 0 Å². The van der Waals surface area contributed by atoms with Crippen molar-refractivity contribution in [1.29, 1.82) is 0 Å². The summed E-state index contributed by atoms with van der Waals surface area (Å²) in [6, 6.07) is 0. The molecule has 0 amide bonds. The lowest BCUT2D eigenvalue weighted by atomic mass is 9.99. The van der Waals surface area contributed by atoms with E-state index in [1.807, 2.05) is 0 Å². The second-order valence-corrected chi connectivity index (χ2v) is 2.49. The van der Waals surface area contributed by atoms with E-state index in [1.165, 1.54) is 0 Å². The first-order valence-corrected chi connectivity index (χ1v) is 3.21. The van der Waals surface area contributed by atoms with Crippen LogP contribution in [-0.2, 0) is 0 Å². The Hall–Kier alpha value is -0.180. The number of rotatable bonds is 2. The summed E-state index contributed by atoms with van der Waals surface area (Å²) in [5, 5.41) is 2.94. The fourth-order valence-corrected chi connectivity index (χ4v) is 1.15. The zero-order valence-electron chi connectivity index (χ0n) is 5.24. The highest BCUT2D eigenvalue weighted by Gasteiger charge is 2.26. The Morgan fingerprint density at radius 1 is 1.11 bits per heavy atom. The molecular weight excluding hydrogens is 124 g/mol. The molecule has 1 fully saturated rings. The molecule has 2 atom stereocenters. The third-order valence-corrected chi connectivity index (χ3v) is 1.88. The van der Waals surface area contributed by atoms with Gasteiger partial charge in [-0.05, 0) is 0 Å². The van der Waals surface area contributed by atoms with Crippen LogP contribution in [0.1, 0.15) is 0 Å². The summed E-state index contributed by atoms with van der Waals surface area (Å²) in [4.78, 5) is 0. The monoisotopic (exact) mass is 135 g/mol. The number of alkyl halides is 2. The zero-order valence-corrected chi connectivity index (χ0v) is 5.24. The molecule has 3 heteroatoms. The van der Waals surface area contributed by atoms with Gasteiger partial charge in [0, 0.05) is 24.9 Å². The van der Waals surface area contributed by atoms with Crippen LogP contribution < -0.4 is 5.32 Å². The molecule has 0 aromatic heterocycles. The average Bonchev–Trinajstić information content (AvgIpc) is 2.33. The van der Waals surface area contributed by atoms with E-state index in [0.29, 0.717) is 13.1 Å². The summed E-state index contributed by atoms with van der Waals surface area (Å²) in [6.07, 6.45) is 0. The second kappa shape index (κ2) is 3.11. The smallest absolute Gasteiger partial charge is 0.0938 e. The van der Waals surface area contributed by atoms with E-state index in [9.17, 15) is 8.78 Å². The average molecular weight is 135 g/mol. The van der Waals surface area contributed by atoms with E-state index < -0.39 is 0 Å². The minimum Gasteiger partial charge on any atom is -0.316 e. The zero-order chi connectivity index (χ0) is 6.69. The molecule has 0 aromatic carbocycles. The van der Waals surface area contributed by atoms with Crippen molar-refractivity contribution in [2.24, 2.45) is 11.8 Å². The van der Waals surface area contributed by atoms with Crippen molar-refractivity contribution < 1.29 is 8.78 Å².